The highest BCUT2D eigenvalue weighted by Gasteiger charge is 2.40. The molecule has 2 unspecified atom stereocenters. The number of carbonyl (C=O) groups is 2. The van der Waals surface area contributed by atoms with Gasteiger partial charge >= 0.3 is 0 Å². The Hall–Kier alpha value is -3.99. The Balaban J connectivity index is 1.55. The Labute approximate surface area is 198 Å². The van der Waals surface area contributed by atoms with Crippen molar-refractivity contribution in [1.82, 2.24) is 5.32 Å². The van der Waals surface area contributed by atoms with Crippen molar-refractivity contribution >= 4 is 17.4 Å². The molecule has 170 valence electrons. The van der Waals surface area contributed by atoms with Crippen molar-refractivity contribution in [3.05, 3.63) is 124 Å². The van der Waals surface area contributed by atoms with Crippen LogP contribution in [0.1, 0.15) is 42.7 Å². The van der Waals surface area contributed by atoms with Crippen LogP contribution in [0.4, 0.5) is 10.1 Å². The molecule has 1 aliphatic carbocycles. The molecule has 3 aromatic carbocycles. The van der Waals surface area contributed by atoms with Crippen molar-refractivity contribution in [3.8, 4) is 0 Å². The highest BCUT2D eigenvalue weighted by molar-refractivity contribution is 6.10. The van der Waals surface area contributed by atoms with E-state index in [9.17, 15) is 14.0 Å². The van der Waals surface area contributed by atoms with Crippen LogP contribution in [0.2, 0.25) is 0 Å². The number of nitrogens with one attached hydrogen (secondary N) is 2. The molecule has 0 fully saturated rings. The molecule has 0 radical (unpaired) electrons. The van der Waals surface area contributed by atoms with Crippen molar-refractivity contribution in [1.29, 1.82) is 0 Å². The Morgan fingerprint density at radius 3 is 2.26 bits per heavy atom. The van der Waals surface area contributed by atoms with E-state index in [4.69, 9.17) is 0 Å². The molecule has 0 spiro atoms. The standard InChI is InChI=1S/C29H25FN2O2/c1-18-26(29(34)32-23-14-8-13-22(30)17-23)27(20-11-6-3-7-12-20)28-24(31-18)15-21(16-25(28)33)19-9-4-2-5-10-19/h2-14,17,21,27,31H,15-16H2,1H3,(H,32,34). The Kier molecular flexibility index (Phi) is 5.84. The van der Waals surface area contributed by atoms with Gasteiger partial charge in [-0.05, 0) is 48.6 Å². The van der Waals surface area contributed by atoms with E-state index in [1.54, 1.807) is 12.1 Å². The van der Waals surface area contributed by atoms with Crippen LogP contribution >= 0.6 is 0 Å². The second-order valence-electron chi connectivity index (χ2n) is 8.80. The molecule has 2 atom stereocenters. The molecule has 0 saturated heterocycles. The smallest absolute Gasteiger partial charge is 0.254 e. The lowest BCUT2D eigenvalue weighted by Gasteiger charge is -2.37. The fraction of sp³-hybridized carbons (Fsp3) is 0.172. The van der Waals surface area contributed by atoms with Crippen molar-refractivity contribution in [2.24, 2.45) is 0 Å². The zero-order chi connectivity index (χ0) is 23.7. The lowest BCUT2D eigenvalue weighted by Crippen LogP contribution is -2.37. The van der Waals surface area contributed by atoms with Gasteiger partial charge in [0, 0.05) is 40.6 Å². The topological polar surface area (TPSA) is 58.2 Å². The molecule has 4 nitrogen and oxygen atoms in total. The molecule has 2 N–H and O–H groups in total. The third-order valence-electron chi connectivity index (χ3n) is 6.56. The van der Waals surface area contributed by atoms with Gasteiger partial charge in [0.25, 0.3) is 5.91 Å². The van der Waals surface area contributed by atoms with Crippen LogP contribution in [0.25, 0.3) is 0 Å². The van der Waals surface area contributed by atoms with E-state index in [1.807, 2.05) is 55.5 Å². The molecule has 1 heterocycles. The summed E-state index contributed by atoms with van der Waals surface area (Å²) in [5, 5.41) is 6.20. The average molecular weight is 453 g/mol. The summed E-state index contributed by atoms with van der Waals surface area (Å²) in [5.41, 5.74) is 5.08. The van der Waals surface area contributed by atoms with E-state index in [0.29, 0.717) is 35.4 Å². The zero-order valence-corrected chi connectivity index (χ0v) is 18.8. The molecule has 5 heteroatoms. The van der Waals surface area contributed by atoms with Crippen molar-refractivity contribution in [3.63, 3.8) is 0 Å². The number of Topliss-reactive ketones (excluding diaryl/α,β-unsaturated/α-hetero) is 1. The number of benzene rings is 3. The number of amides is 1. The Bertz CT molecular complexity index is 1310. The number of anilines is 1. The minimum Gasteiger partial charge on any atom is -0.362 e. The van der Waals surface area contributed by atoms with Crippen LogP contribution in [0.15, 0.2) is 107 Å². The van der Waals surface area contributed by atoms with Gasteiger partial charge in [0.05, 0.1) is 0 Å². The van der Waals surface area contributed by atoms with E-state index in [1.165, 1.54) is 12.1 Å². The number of halogens is 1. The third kappa shape index (κ3) is 4.17. The van der Waals surface area contributed by atoms with Gasteiger partial charge < -0.3 is 10.6 Å². The molecule has 34 heavy (non-hydrogen) atoms. The van der Waals surface area contributed by atoms with Crippen LogP contribution in [0, 0.1) is 5.82 Å². The summed E-state index contributed by atoms with van der Waals surface area (Å²) in [4.78, 5) is 27.0. The number of dihydropyridines is 1. The minimum atomic E-state index is -0.491. The normalized spacial score (nSPS) is 20.0. The van der Waals surface area contributed by atoms with Gasteiger partial charge in [-0.25, -0.2) is 4.39 Å². The lowest BCUT2D eigenvalue weighted by molar-refractivity contribution is -0.116. The van der Waals surface area contributed by atoms with Gasteiger partial charge in [0.2, 0.25) is 0 Å². The molecular formula is C29H25FN2O2. The predicted molar refractivity (Wildman–Crippen MR) is 130 cm³/mol. The fourth-order valence-electron chi connectivity index (χ4n) is 5.04. The van der Waals surface area contributed by atoms with Gasteiger partial charge in [0.1, 0.15) is 5.82 Å². The quantitative estimate of drug-likeness (QED) is 0.524. The number of hydrogen-bond acceptors (Lipinski definition) is 3. The van der Waals surface area contributed by atoms with Gasteiger partial charge in [-0.2, -0.15) is 0 Å². The summed E-state index contributed by atoms with van der Waals surface area (Å²) in [6.07, 6.45) is 1.09. The lowest BCUT2D eigenvalue weighted by atomic mass is 9.71. The first-order valence-electron chi connectivity index (χ1n) is 11.4. The van der Waals surface area contributed by atoms with E-state index in [-0.39, 0.29) is 17.6 Å². The van der Waals surface area contributed by atoms with Crippen LogP contribution in [0.5, 0.6) is 0 Å². The van der Waals surface area contributed by atoms with Crippen LogP contribution in [-0.2, 0) is 9.59 Å². The molecule has 2 aliphatic rings. The minimum absolute atomic E-state index is 0.0417. The molecule has 5 rings (SSSR count). The van der Waals surface area contributed by atoms with Gasteiger partial charge in [0.15, 0.2) is 5.78 Å². The van der Waals surface area contributed by atoms with Crippen LogP contribution in [-0.4, -0.2) is 11.7 Å². The second-order valence-corrected chi connectivity index (χ2v) is 8.80. The predicted octanol–water partition coefficient (Wildman–Crippen LogP) is 5.83. The maximum atomic E-state index is 13.7. The third-order valence-corrected chi connectivity index (χ3v) is 6.56. The highest BCUT2D eigenvalue weighted by Crippen LogP contribution is 2.45. The Morgan fingerprint density at radius 1 is 0.912 bits per heavy atom. The molecular weight excluding hydrogens is 427 g/mol. The summed E-state index contributed by atoms with van der Waals surface area (Å²) in [6.45, 7) is 1.86. The first-order valence-corrected chi connectivity index (χ1v) is 11.4. The first-order chi connectivity index (χ1) is 16.5. The van der Waals surface area contributed by atoms with Gasteiger partial charge in [-0.1, -0.05) is 66.7 Å². The maximum absolute atomic E-state index is 13.7. The number of hydrogen-bond donors (Lipinski definition) is 2. The van der Waals surface area contributed by atoms with E-state index >= 15 is 0 Å². The highest BCUT2D eigenvalue weighted by atomic mass is 19.1. The monoisotopic (exact) mass is 452 g/mol. The van der Waals surface area contributed by atoms with Crippen LogP contribution < -0.4 is 10.6 Å². The number of allylic oxidation sites excluding steroid dienone is 3. The molecule has 0 aromatic heterocycles. The number of rotatable bonds is 4. The van der Waals surface area contributed by atoms with Crippen LogP contribution in [0.3, 0.4) is 0 Å². The zero-order valence-electron chi connectivity index (χ0n) is 18.8. The van der Waals surface area contributed by atoms with E-state index in [2.05, 4.69) is 22.8 Å². The largest absolute Gasteiger partial charge is 0.362 e. The molecule has 1 amide bonds. The maximum Gasteiger partial charge on any atom is 0.254 e. The van der Waals surface area contributed by atoms with E-state index in [0.717, 1.165) is 16.8 Å². The summed E-state index contributed by atoms with van der Waals surface area (Å²) >= 11 is 0. The molecule has 1 aliphatic heterocycles. The fourth-order valence-corrected chi connectivity index (χ4v) is 5.04. The van der Waals surface area contributed by atoms with E-state index < -0.39 is 11.7 Å². The number of ketones is 1. The summed E-state index contributed by atoms with van der Waals surface area (Å²) in [5.74, 6) is -1.14. The van der Waals surface area contributed by atoms with Crippen molar-refractivity contribution < 1.29 is 14.0 Å². The first kappa shape index (κ1) is 21.8. The van der Waals surface area contributed by atoms with Gasteiger partial charge in [-0.3, -0.25) is 9.59 Å². The Morgan fingerprint density at radius 2 is 1.59 bits per heavy atom. The summed E-state index contributed by atoms with van der Waals surface area (Å²) in [7, 11) is 0. The van der Waals surface area contributed by atoms with Crippen molar-refractivity contribution in [2.45, 2.75) is 31.6 Å². The average Bonchev–Trinajstić information content (AvgIpc) is 2.84. The summed E-state index contributed by atoms with van der Waals surface area (Å²) in [6, 6.07) is 25.5. The van der Waals surface area contributed by atoms with Gasteiger partial charge in [-0.15, -0.1) is 0 Å². The number of carbonyl (C=O) groups excluding carboxylic acids is 2. The molecule has 0 bridgehead atoms. The molecule has 3 aromatic rings. The van der Waals surface area contributed by atoms with Crippen molar-refractivity contribution in [2.75, 3.05) is 5.32 Å². The SMILES string of the molecule is CC1=C(C(=O)Nc2cccc(F)c2)C(c2ccccc2)C2=C(CC(c3ccccc3)CC2=O)N1. The summed E-state index contributed by atoms with van der Waals surface area (Å²) < 4.78 is 13.7. The second kappa shape index (κ2) is 9.10. The molecule has 0 saturated carbocycles.